The number of carbonyl (C=O) groups excluding carboxylic acids is 2. The average Bonchev–Trinajstić information content (AvgIpc) is 2.45. The summed E-state index contributed by atoms with van der Waals surface area (Å²) in [6, 6.07) is 4.08. The third-order valence-corrected chi connectivity index (χ3v) is 3.20. The van der Waals surface area contributed by atoms with Crippen molar-refractivity contribution < 1.29 is 23.5 Å². The Bertz CT molecular complexity index is 532. The molecular weight excluding hydrogens is 277 g/mol. The van der Waals surface area contributed by atoms with Crippen molar-refractivity contribution in [1.29, 1.82) is 0 Å². The molecule has 6 heteroatoms. The Morgan fingerprint density at radius 2 is 2.00 bits per heavy atom. The van der Waals surface area contributed by atoms with E-state index in [4.69, 9.17) is 9.47 Å². The summed E-state index contributed by atoms with van der Waals surface area (Å²) < 4.78 is 23.6. The Balaban J connectivity index is 3.11. The van der Waals surface area contributed by atoms with Crippen molar-refractivity contribution in [3.05, 3.63) is 29.6 Å². The van der Waals surface area contributed by atoms with Crippen LogP contribution in [0.2, 0.25) is 0 Å². The molecule has 21 heavy (non-hydrogen) atoms. The smallest absolute Gasteiger partial charge is 0.331 e. The van der Waals surface area contributed by atoms with E-state index in [0.717, 1.165) is 6.07 Å². The van der Waals surface area contributed by atoms with E-state index in [2.05, 4.69) is 5.32 Å². The van der Waals surface area contributed by atoms with Gasteiger partial charge < -0.3 is 14.8 Å². The molecule has 0 aliphatic heterocycles. The van der Waals surface area contributed by atoms with Crippen LogP contribution in [0.25, 0.3) is 0 Å². The Hall–Kier alpha value is -2.11. The molecule has 1 amide bonds. The van der Waals surface area contributed by atoms with E-state index in [9.17, 15) is 14.0 Å². The molecule has 0 fully saturated rings. The highest BCUT2D eigenvalue weighted by atomic mass is 19.1. The summed E-state index contributed by atoms with van der Waals surface area (Å²) in [5, 5.41) is 2.54. The number of benzene rings is 1. The molecule has 1 aromatic rings. The number of carbonyl (C=O) groups is 2. The van der Waals surface area contributed by atoms with Crippen LogP contribution in [0.4, 0.5) is 4.39 Å². The Kier molecular flexibility index (Phi) is 5.69. The molecule has 0 saturated carbocycles. The molecule has 1 rings (SSSR count). The molecule has 1 aromatic carbocycles. The number of halogens is 1. The molecule has 0 saturated heterocycles. The second-order valence-electron chi connectivity index (χ2n) is 4.84. The number of hydrogen-bond donors (Lipinski definition) is 1. The minimum Gasteiger partial charge on any atom is -0.496 e. The zero-order valence-corrected chi connectivity index (χ0v) is 12.7. The number of amides is 1. The van der Waals surface area contributed by atoms with Gasteiger partial charge in [-0.15, -0.1) is 0 Å². The van der Waals surface area contributed by atoms with Crippen molar-refractivity contribution in [3.63, 3.8) is 0 Å². The first-order valence-electron chi connectivity index (χ1n) is 6.63. The fourth-order valence-corrected chi connectivity index (χ4v) is 2.15. The standard InChI is InChI=1S/C15H20FNO4/c1-5-9-15(2,14(19)21-4)17-13(18)12-10(16)7-6-8-11(12)20-3/h6-8H,5,9H2,1-4H3,(H,17,18). The maximum atomic E-state index is 13.9. The van der Waals surface area contributed by atoms with Gasteiger partial charge in [0, 0.05) is 0 Å². The lowest BCUT2D eigenvalue weighted by Gasteiger charge is -2.27. The van der Waals surface area contributed by atoms with Crippen LogP contribution >= 0.6 is 0 Å². The fraction of sp³-hybridized carbons (Fsp3) is 0.467. The minimum atomic E-state index is -1.21. The van der Waals surface area contributed by atoms with Crippen LogP contribution in [-0.2, 0) is 9.53 Å². The van der Waals surface area contributed by atoms with Crippen molar-refractivity contribution in [2.45, 2.75) is 32.2 Å². The Morgan fingerprint density at radius 3 is 2.52 bits per heavy atom. The summed E-state index contributed by atoms with van der Waals surface area (Å²) in [4.78, 5) is 24.2. The fourth-order valence-electron chi connectivity index (χ4n) is 2.15. The van der Waals surface area contributed by atoms with Crippen LogP contribution < -0.4 is 10.1 Å². The van der Waals surface area contributed by atoms with Gasteiger partial charge in [-0.2, -0.15) is 0 Å². The van der Waals surface area contributed by atoms with Crippen LogP contribution in [0.1, 0.15) is 37.0 Å². The molecule has 1 N–H and O–H groups in total. The molecule has 0 spiro atoms. The van der Waals surface area contributed by atoms with Crippen molar-refractivity contribution in [3.8, 4) is 5.75 Å². The van der Waals surface area contributed by atoms with Crippen LogP contribution in [0.3, 0.4) is 0 Å². The van der Waals surface area contributed by atoms with E-state index in [1.54, 1.807) is 6.92 Å². The zero-order chi connectivity index (χ0) is 16.0. The Labute approximate surface area is 123 Å². The molecule has 116 valence electrons. The van der Waals surface area contributed by atoms with Gasteiger partial charge >= 0.3 is 5.97 Å². The number of rotatable bonds is 6. The highest BCUT2D eigenvalue weighted by molar-refractivity contribution is 6.00. The number of esters is 1. The number of ether oxygens (including phenoxy) is 2. The quantitative estimate of drug-likeness (QED) is 0.818. The molecule has 1 atom stereocenters. The maximum Gasteiger partial charge on any atom is 0.331 e. The lowest BCUT2D eigenvalue weighted by Crippen LogP contribution is -2.52. The van der Waals surface area contributed by atoms with Gasteiger partial charge in [-0.3, -0.25) is 4.79 Å². The summed E-state index contributed by atoms with van der Waals surface area (Å²) >= 11 is 0. The molecule has 0 heterocycles. The normalized spacial score (nSPS) is 13.2. The van der Waals surface area contributed by atoms with E-state index >= 15 is 0 Å². The van der Waals surface area contributed by atoms with E-state index < -0.39 is 23.2 Å². The monoisotopic (exact) mass is 297 g/mol. The second kappa shape index (κ2) is 7.06. The van der Waals surface area contributed by atoms with E-state index in [-0.39, 0.29) is 11.3 Å². The number of nitrogens with one attached hydrogen (secondary N) is 1. The topological polar surface area (TPSA) is 64.6 Å². The predicted molar refractivity (Wildman–Crippen MR) is 75.7 cm³/mol. The van der Waals surface area contributed by atoms with E-state index in [1.165, 1.54) is 26.4 Å². The molecule has 0 radical (unpaired) electrons. The summed E-state index contributed by atoms with van der Waals surface area (Å²) in [5.41, 5.74) is -1.44. The third kappa shape index (κ3) is 3.71. The highest BCUT2D eigenvalue weighted by Gasteiger charge is 2.36. The number of methoxy groups -OCH3 is 2. The molecule has 1 unspecified atom stereocenters. The first-order valence-corrected chi connectivity index (χ1v) is 6.63. The first-order chi connectivity index (χ1) is 9.89. The van der Waals surface area contributed by atoms with Crippen molar-refractivity contribution in [2.75, 3.05) is 14.2 Å². The van der Waals surface area contributed by atoms with Gasteiger partial charge in [0.15, 0.2) is 0 Å². The van der Waals surface area contributed by atoms with Gasteiger partial charge in [0.05, 0.1) is 14.2 Å². The van der Waals surface area contributed by atoms with Gasteiger partial charge in [0.25, 0.3) is 5.91 Å². The average molecular weight is 297 g/mol. The largest absolute Gasteiger partial charge is 0.496 e. The predicted octanol–water partition coefficient (Wildman–Crippen LogP) is 2.30. The van der Waals surface area contributed by atoms with Gasteiger partial charge in [0.1, 0.15) is 22.7 Å². The number of hydrogen-bond acceptors (Lipinski definition) is 4. The zero-order valence-electron chi connectivity index (χ0n) is 12.7. The lowest BCUT2D eigenvalue weighted by atomic mass is 9.95. The van der Waals surface area contributed by atoms with Crippen molar-refractivity contribution >= 4 is 11.9 Å². The molecule has 0 aliphatic carbocycles. The lowest BCUT2D eigenvalue weighted by molar-refractivity contribution is -0.147. The van der Waals surface area contributed by atoms with Gasteiger partial charge in [-0.05, 0) is 25.5 Å². The Morgan fingerprint density at radius 1 is 1.33 bits per heavy atom. The third-order valence-electron chi connectivity index (χ3n) is 3.20. The summed E-state index contributed by atoms with van der Waals surface area (Å²) in [6.45, 7) is 3.42. The maximum absolute atomic E-state index is 13.9. The van der Waals surface area contributed by atoms with Crippen LogP contribution in [-0.4, -0.2) is 31.6 Å². The summed E-state index contributed by atoms with van der Waals surface area (Å²) in [7, 11) is 2.59. The van der Waals surface area contributed by atoms with Gasteiger partial charge in [0.2, 0.25) is 0 Å². The molecular formula is C15H20FNO4. The van der Waals surface area contributed by atoms with E-state index in [1.807, 2.05) is 6.92 Å². The first kappa shape index (κ1) is 16.9. The molecule has 0 bridgehead atoms. The van der Waals surface area contributed by atoms with Gasteiger partial charge in [-0.25, -0.2) is 9.18 Å². The summed E-state index contributed by atoms with van der Waals surface area (Å²) in [6.07, 6.45) is 1.03. The van der Waals surface area contributed by atoms with Crippen LogP contribution in [0, 0.1) is 5.82 Å². The molecule has 0 aromatic heterocycles. The highest BCUT2D eigenvalue weighted by Crippen LogP contribution is 2.23. The molecule has 5 nitrogen and oxygen atoms in total. The molecule has 0 aliphatic rings. The second-order valence-corrected chi connectivity index (χ2v) is 4.84. The van der Waals surface area contributed by atoms with Gasteiger partial charge in [-0.1, -0.05) is 19.4 Å². The van der Waals surface area contributed by atoms with E-state index in [0.29, 0.717) is 12.8 Å². The summed E-state index contributed by atoms with van der Waals surface area (Å²) in [5.74, 6) is -1.90. The van der Waals surface area contributed by atoms with Crippen molar-refractivity contribution in [2.24, 2.45) is 0 Å². The van der Waals surface area contributed by atoms with Crippen molar-refractivity contribution in [1.82, 2.24) is 5.32 Å². The van der Waals surface area contributed by atoms with Crippen LogP contribution in [0.15, 0.2) is 18.2 Å². The minimum absolute atomic E-state index is 0.108. The van der Waals surface area contributed by atoms with Crippen LogP contribution in [0.5, 0.6) is 5.75 Å². The SMILES string of the molecule is CCCC(C)(NC(=O)c1c(F)cccc1OC)C(=O)OC.